The van der Waals surface area contributed by atoms with Crippen LogP contribution in [-0.4, -0.2) is 20.9 Å². The molecule has 0 aliphatic carbocycles. The fourth-order valence-electron chi connectivity index (χ4n) is 2.30. The summed E-state index contributed by atoms with van der Waals surface area (Å²) < 4.78 is 21.3. The van der Waals surface area contributed by atoms with Gasteiger partial charge in [0.05, 0.1) is 24.0 Å². The van der Waals surface area contributed by atoms with Gasteiger partial charge in [-0.1, -0.05) is 0 Å². The first-order valence-electron chi connectivity index (χ1n) is 6.13. The SMILES string of the molecule is C[C@@H]1C[C@H](C)n2nc(-c3ccc(F)cn3)c(Br)c2O1. The molecule has 0 aromatic carbocycles. The summed E-state index contributed by atoms with van der Waals surface area (Å²) in [7, 11) is 0. The molecule has 2 aromatic rings. The second-order valence-corrected chi connectivity index (χ2v) is 5.58. The molecule has 2 atom stereocenters. The van der Waals surface area contributed by atoms with E-state index in [-0.39, 0.29) is 18.0 Å². The Kier molecular flexibility index (Phi) is 3.05. The molecule has 0 saturated heterocycles. The molecule has 2 aromatic heterocycles. The molecule has 19 heavy (non-hydrogen) atoms. The van der Waals surface area contributed by atoms with E-state index in [1.807, 2.05) is 11.6 Å². The van der Waals surface area contributed by atoms with Crippen LogP contribution >= 0.6 is 15.9 Å². The summed E-state index contributed by atoms with van der Waals surface area (Å²) in [5.74, 6) is 0.356. The quantitative estimate of drug-likeness (QED) is 0.804. The van der Waals surface area contributed by atoms with E-state index < -0.39 is 0 Å². The summed E-state index contributed by atoms with van der Waals surface area (Å²) >= 11 is 3.51. The zero-order valence-corrected chi connectivity index (χ0v) is 12.2. The van der Waals surface area contributed by atoms with Crippen molar-refractivity contribution in [3.63, 3.8) is 0 Å². The number of pyridine rings is 1. The highest BCUT2D eigenvalue weighted by Gasteiger charge is 2.28. The fourth-order valence-corrected chi connectivity index (χ4v) is 2.86. The highest BCUT2D eigenvalue weighted by molar-refractivity contribution is 9.10. The molecule has 0 fully saturated rings. The van der Waals surface area contributed by atoms with Crippen LogP contribution in [0.4, 0.5) is 4.39 Å². The summed E-state index contributed by atoms with van der Waals surface area (Å²) in [4.78, 5) is 4.06. The smallest absolute Gasteiger partial charge is 0.227 e. The molecule has 0 saturated carbocycles. The molecule has 0 radical (unpaired) electrons. The van der Waals surface area contributed by atoms with Gasteiger partial charge in [-0.3, -0.25) is 4.98 Å². The van der Waals surface area contributed by atoms with Crippen molar-refractivity contribution in [3.8, 4) is 17.3 Å². The van der Waals surface area contributed by atoms with Crippen LogP contribution in [0, 0.1) is 5.82 Å². The van der Waals surface area contributed by atoms with Crippen LogP contribution in [0.5, 0.6) is 5.88 Å². The lowest BCUT2D eigenvalue weighted by Crippen LogP contribution is -2.26. The number of hydrogen-bond donors (Lipinski definition) is 0. The average molecular weight is 326 g/mol. The minimum absolute atomic E-state index is 0.157. The predicted molar refractivity (Wildman–Crippen MR) is 72.5 cm³/mol. The minimum Gasteiger partial charge on any atom is -0.474 e. The van der Waals surface area contributed by atoms with Crippen molar-refractivity contribution < 1.29 is 9.13 Å². The molecule has 3 rings (SSSR count). The lowest BCUT2D eigenvalue weighted by atomic mass is 10.1. The number of aromatic nitrogens is 3. The monoisotopic (exact) mass is 325 g/mol. The van der Waals surface area contributed by atoms with E-state index in [4.69, 9.17) is 4.74 Å². The van der Waals surface area contributed by atoms with Gasteiger partial charge in [0.2, 0.25) is 5.88 Å². The Balaban J connectivity index is 2.09. The Bertz CT molecular complexity index is 611. The maximum atomic E-state index is 12.9. The van der Waals surface area contributed by atoms with E-state index in [0.29, 0.717) is 17.3 Å². The van der Waals surface area contributed by atoms with E-state index in [2.05, 4.69) is 32.9 Å². The molecule has 1 aliphatic heterocycles. The summed E-state index contributed by atoms with van der Waals surface area (Å²) in [6.07, 6.45) is 2.26. The Labute approximate surface area is 118 Å². The first-order chi connectivity index (χ1) is 9.06. The van der Waals surface area contributed by atoms with Gasteiger partial charge in [0.15, 0.2) is 0 Å². The average Bonchev–Trinajstić information content (AvgIpc) is 2.69. The first kappa shape index (κ1) is 12.6. The Morgan fingerprint density at radius 1 is 1.42 bits per heavy atom. The van der Waals surface area contributed by atoms with Crippen molar-refractivity contribution in [2.24, 2.45) is 0 Å². The molecule has 0 amide bonds. The number of hydrogen-bond acceptors (Lipinski definition) is 3. The van der Waals surface area contributed by atoms with E-state index in [1.54, 1.807) is 6.07 Å². The topological polar surface area (TPSA) is 39.9 Å². The van der Waals surface area contributed by atoms with Crippen LogP contribution in [0.3, 0.4) is 0 Å². The Hall–Kier alpha value is -1.43. The normalized spacial score (nSPS) is 21.9. The minimum atomic E-state index is -0.359. The van der Waals surface area contributed by atoms with Gasteiger partial charge in [-0.05, 0) is 41.9 Å². The number of ether oxygens (including phenoxy) is 1. The van der Waals surface area contributed by atoms with Crippen LogP contribution in [0.2, 0.25) is 0 Å². The van der Waals surface area contributed by atoms with Gasteiger partial charge in [-0.15, -0.1) is 0 Å². The third-order valence-electron chi connectivity index (χ3n) is 3.18. The number of halogens is 2. The number of rotatable bonds is 1. The van der Waals surface area contributed by atoms with Gasteiger partial charge >= 0.3 is 0 Å². The van der Waals surface area contributed by atoms with Crippen LogP contribution in [0.25, 0.3) is 11.4 Å². The summed E-state index contributed by atoms with van der Waals surface area (Å²) in [6.45, 7) is 4.14. The molecular formula is C13H13BrFN3O. The highest BCUT2D eigenvalue weighted by Crippen LogP contribution is 2.40. The molecule has 4 nitrogen and oxygen atoms in total. The van der Waals surface area contributed by atoms with E-state index in [9.17, 15) is 4.39 Å². The van der Waals surface area contributed by atoms with Gasteiger partial charge in [0.1, 0.15) is 16.0 Å². The summed E-state index contributed by atoms with van der Waals surface area (Å²) in [6, 6.07) is 3.26. The van der Waals surface area contributed by atoms with Gasteiger partial charge in [0, 0.05) is 6.42 Å². The lowest BCUT2D eigenvalue weighted by molar-refractivity contribution is 0.125. The van der Waals surface area contributed by atoms with Gasteiger partial charge in [-0.2, -0.15) is 5.10 Å². The number of nitrogens with zero attached hydrogens (tertiary/aromatic N) is 3. The van der Waals surface area contributed by atoms with Crippen LogP contribution in [0.15, 0.2) is 22.8 Å². The van der Waals surface area contributed by atoms with Crippen molar-refractivity contribution in [2.45, 2.75) is 32.4 Å². The molecule has 0 bridgehead atoms. The van der Waals surface area contributed by atoms with E-state index in [0.717, 1.165) is 10.9 Å². The zero-order valence-electron chi connectivity index (χ0n) is 10.6. The lowest BCUT2D eigenvalue weighted by Gasteiger charge is -2.26. The van der Waals surface area contributed by atoms with Crippen molar-refractivity contribution in [1.82, 2.24) is 14.8 Å². The largest absolute Gasteiger partial charge is 0.474 e. The predicted octanol–water partition coefficient (Wildman–Crippen LogP) is 3.58. The first-order valence-corrected chi connectivity index (χ1v) is 6.92. The molecule has 0 unspecified atom stereocenters. The highest BCUT2D eigenvalue weighted by atomic mass is 79.9. The molecule has 6 heteroatoms. The van der Waals surface area contributed by atoms with Crippen molar-refractivity contribution in [3.05, 3.63) is 28.6 Å². The fraction of sp³-hybridized carbons (Fsp3) is 0.385. The summed E-state index contributed by atoms with van der Waals surface area (Å²) in [5, 5.41) is 4.53. The third-order valence-corrected chi connectivity index (χ3v) is 3.90. The van der Waals surface area contributed by atoms with E-state index in [1.165, 1.54) is 12.3 Å². The van der Waals surface area contributed by atoms with Crippen molar-refractivity contribution in [1.29, 1.82) is 0 Å². The molecule has 3 heterocycles. The second kappa shape index (κ2) is 4.59. The maximum Gasteiger partial charge on any atom is 0.227 e. The Morgan fingerprint density at radius 3 is 2.89 bits per heavy atom. The summed E-state index contributed by atoms with van der Waals surface area (Å²) in [5.41, 5.74) is 1.30. The van der Waals surface area contributed by atoms with Crippen molar-refractivity contribution >= 4 is 15.9 Å². The molecule has 0 N–H and O–H groups in total. The number of fused-ring (bicyclic) bond motifs is 1. The second-order valence-electron chi connectivity index (χ2n) is 4.79. The molecule has 1 aliphatic rings. The zero-order chi connectivity index (χ0) is 13.6. The molecule has 0 spiro atoms. The van der Waals surface area contributed by atoms with Gasteiger partial charge in [-0.25, -0.2) is 9.07 Å². The molecule has 100 valence electrons. The Morgan fingerprint density at radius 2 is 2.21 bits per heavy atom. The maximum absolute atomic E-state index is 12.9. The van der Waals surface area contributed by atoms with Crippen molar-refractivity contribution in [2.75, 3.05) is 0 Å². The van der Waals surface area contributed by atoms with Crippen LogP contribution < -0.4 is 4.74 Å². The van der Waals surface area contributed by atoms with Gasteiger partial charge in [0.25, 0.3) is 0 Å². The van der Waals surface area contributed by atoms with Gasteiger partial charge < -0.3 is 4.74 Å². The van der Waals surface area contributed by atoms with Crippen LogP contribution in [0.1, 0.15) is 26.3 Å². The van der Waals surface area contributed by atoms with E-state index >= 15 is 0 Å². The standard InChI is InChI=1S/C13H13BrFN3O/c1-7-5-8(2)19-13-11(14)12(17-18(7)13)10-4-3-9(15)6-16-10/h3-4,6-8H,5H2,1-2H3/t7-,8+/m0/s1. The molecular weight excluding hydrogens is 313 g/mol. The third kappa shape index (κ3) is 2.14. The van der Waals surface area contributed by atoms with Crippen LogP contribution in [-0.2, 0) is 0 Å².